The average Bonchev–Trinajstić information content (AvgIpc) is 3.27. The number of nitrogens with two attached hydrogens (primary N) is 1. The molecular formula is C17H20ClN5O4. The quantitative estimate of drug-likeness (QED) is 0.623. The largest absolute Gasteiger partial charge is 0.441 e. The first-order chi connectivity index (χ1) is 13.0. The normalized spacial score (nSPS) is 11.2. The molecule has 1 amide bonds. The predicted octanol–water partition coefficient (Wildman–Crippen LogP) is 1.96. The van der Waals surface area contributed by atoms with E-state index in [4.69, 9.17) is 31.2 Å². The van der Waals surface area contributed by atoms with Crippen molar-refractivity contribution in [3.05, 3.63) is 35.0 Å². The molecule has 0 aliphatic heterocycles. The van der Waals surface area contributed by atoms with Crippen LogP contribution in [0.1, 0.15) is 10.4 Å². The van der Waals surface area contributed by atoms with E-state index >= 15 is 0 Å². The SMILES string of the molecule is COCCN(CCOC)C(=O)c1cc(N)n2nc(-c3ccc(Cl)o3)nc2c1. The summed E-state index contributed by atoms with van der Waals surface area (Å²) in [6.07, 6.45) is 0. The molecule has 0 aliphatic rings. The summed E-state index contributed by atoms with van der Waals surface area (Å²) in [6, 6.07) is 6.46. The monoisotopic (exact) mass is 393 g/mol. The molecule has 3 heterocycles. The van der Waals surface area contributed by atoms with Crippen molar-refractivity contribution >= 4 is 29.0 Å². The maximum Gasteiger partial charge on any atom is 0.254 e. The fourth-order valence-corrected chi connectivity index (χ4v) is 2.72. The molecular weight excluding hydrogens is 374 g/mol. The van der Waals surface area contributed by atoms with Crippen LogP contribution >= 0.6 is 11.6 Å². The summed E-state index contributed by atoms with van der Waals surface area (Å²) < 4.78 is 16.9. The molecule has 0 fully saturated rings. The van der Waals surface area contributed by atoms with Crippen LogP contribution in [0.3, 0.4) is 0 Å². The van der Waals surface area contributed by atoms with E-state index in [1.165, 1.54) is 4.52 Å². The molecule has 3 aromatic rings. The van der Waals surface area contributed by atoms with Crippen LogP contribution in [-0.2, 0) is 9.47 Å². The van der Waals surface area contributed by atoms with E-state index in [0.29, 0.717) is 49.1 Å². The van der Waals surface area contributed by atoms with Crippen molar-refractivity contribution in [1.82, 2.24) is 19.5 Å². The van der Waals surface area contributed by atoms with Gasteiger partial charge in [-0.15, -0.1) is 5.10 Å². The van der Waals surface area contributed by atoms with Crippen molar-refractivity contribution in [2.24, 2.45) is 0 Å². The molecule has 144 valence electrons. The molecule has 0 saturated carbocycles. The maximum absolute atomic E-state index is 12.9. The Kier molecular flexibility index (Phi) is 5.94. The summed E-state index contributed by atoms with van der Waals surface area (Å²) >= 11 is 5.80. The third-order valence-corrected chi connectivity index (χ3v) is 4.13. The van der Waals surface area contributed by atoms with Gasteiger partial charge >= 0.3 is 0 Å². The topological polar surface area (TPSA) is 108 Å². The molecule has 0 bridgehead atoms. The Morgan fingerprint density at radius 2 is 1.96 bits per heavy atom. The molecule has 0 atom stereocenters. The molecule has 0 aromatic carbocycles. The first-order valence-corrected chi connectivity index (χ1v) is 8.60. The highest BCUT2D eigenvalue weighted by molar-refractivity contribution is 6.28. The fraction of sp³-hybridized carbons (Fsp3) is 0.353. The van der Waals surface area contributed by atoms with E-state index in [-0.39, 0.29) is 16.9 Å². The average molecular weight is 394 g/mol. The first kappa shape index (κ1) is 19.2. The Balaban J connectivity index is 1.92. The number of carbonyl (C=O) groups is 1. The molecule has 0 unspecified atom stereocenters. The van der Waals surface area contributed by atoms with Gasteiger partial charge in [-0.1, -0.05) is 0 Å². The lowest BCUT2D eigenvalue weighted by atomic mass is 10.2. The lowest BCUT2D eigenvalue weighted by Crippen LogP contribution is -2.36. The minimum absolute atomic E-state index is 0.191. The Morgan fingerprint density at radius 3 is 2.56 bits per heavy atom. The van der Waals surface area contributed by atoms with Crippen molar-refractivity contribution < 1.29 is 18.7 Å². The van der Waals surface area contributed by atoms with Gasteiger partial charge in [0.2, 0.25) is 5.82 Å². The number of hydrogen-bond acceptors (Lipinski definition) is 7. The Bertz CT molecular complexity index is 931. The highest BCUT2D eigenvalue weighted by Crippen LogP contribution is 2.24. The Hall–Kier alpha value is -2.62. The van der Waals surface area contributed by atoms with Crippen LogP contribution in [0.2, 0.25) is 5.22 Å². The number of hydrogen-bond donors (Lipinski definition) is 1. The number of anilines is 1. The number of rotatable bonds is 8. The second kappa shape index (κ2) is 8.38. The number of fused-ring (bicyclic) bond motifs is 1. The van der Waals surface area contributed by atoms with Gasteiger partial charge in [0, 0.05) is 32.9 Å². The van der Waals surface area contributed by atoms with Crippen LogP contribution in [-0.4, -0.2) is 65.9 Å². The number of aromatic nitrogens is 3. The van der Waals surface area contributed by atoms with Crippen LogP contribution in [0.15, 0.2) is 28.7 Å². The summed E-state index contributed by atoms with van der Waals surface area (Å²) in [5.41, 5.74) is 6.91. The number of halogens is 1. The number of nitrogens with zero attached hydrogens (tertiary/aromatic N) is 4. The number of carbonyl (C=O) groups excluding carboxylic acids is 1. The molecule has 3 rings (SSSR count). The zero-order chi connectivity index (χ0) is 19.4. The lowest BCUT2D eigenvalue weighted by molar-refractivity contribution is 0.0627. The number of amides is 1. The molecule has 10 heteroatoms. The van der Waals surface area contributed by atoms with Crippen LogP contribution < -0.4 is 5.73 Å². The molecule has 0 spiro atoms. The van der Waals surface area contributed by atoms with E-state index in [1.807, 2.05) is 0 Å². The highest BCUT2D eigenvalue weighted by Gasteiger charge is 2.19. The lowest BCUT2D eigenvalue weighted by Gasteiger charge is -2.22. The number of methoxy groups -OCH3 is 2. The maximum atomic E-state index is 12.9. The fourth-order valence-electron chi connectivity index (χ4n) is 2.57. The van der Waals surface area contributed by atoms with Crippen molar-refractivity contribution in [1.29, 1.82) is 0 Å². The van der Waals surface area contributed by atoms with Crippen LogP contribution in [0.25, 0.3) is 17.2 Å². The third kappa shape index (κ3) is 4.21. The van der Waals surface area contributed by atoms with Crippen LogP contribution in [0.4, 0.5) is 5.82 Å². The summed E-state index contributed by atoms with van der Waals surface area (Å²) in [6.45, 7) is 1.71. The van der Waals surface area contributed by atoms with Crippen molar-refractivity contribution in [2.75, 3.05) is 46.3 Å². The zero-order valence-electron chi connectivity index (χ0n) is 15.0. The summed E-state index contributed by atoms with van der Waals surface area (Å²) in [5, 5.41) is 4.54. The number of pyridine rings is 1. The van der Waals surface area contributed by atoms with Crippen molar-refractivity contribution in [3.63, 3.8) is 0 Å². The van der Waals surface area contributed by atoms with Crippen molar-refractivity contribution in [2.45, 2.75) is 0 Å². The second-order valence-corrected chi connectivity index (χ2v) is 6.13. The van der Waals surface area contributed by atoms with Gasteiger partial charge in [0.05, 0.1) is 13.2 Å². The third-order valence-electron chi connectivity index (χ3n) is 3.92. The van der Waals surface area contributed by atoms with E-state index in [1.54, 1.807) is 43.4 Å². The molecule has 0 aliphatic carbocycles. The Labute approximate surface area is 160 Å². The van der Waals surface area contributed by atoms with Gasteiger partial charge in [-0.3, -0.25) is 4.79 Å². The van der Waals surface area contributed by atoms with E-state index in [2.05, 4.69) is 10.1 Å². The first-order valence-electron chi connectivity index (χ1n) is 8.22. The van der Waals surface area contributed by atoms with Crippen LogP contribution in [0, 0.1) is 0 Å². The standard InChI is InChI=1S/C17H20ClN5O4/c1-25-7-5-22(6-8-26-2)17(24)11-9-14(19)23-15(10-11)20-16(21-23)12-3-4-13(18)27-12/h3-4,9-10H,5-8,19H2,1-2H3. The second-order valence-electron chi connectivity index (χ2n) is 5.76. The molecule has 2 N–H and O–H groups in total. The minimum atomic E-state index is -0.191. The van der Waals surface area contributed by atoms with E-state index < -0.39 is 0 Å². The Morgan fingerprint density at radius 1 is 1.26 bits per heavy atom. The van der Waals surface area contributed by atoms with E-state index in [9.17, 15) is 4.79 Å². The van der Waals surface area contributed by atoms with Gasteiger partial charge in [-0.25, -0.2) is 4.98 Å². The minimum Gasteiger partial charge on any atom is -0.441 e. The zero-order valence-corrected chi connectivity index (χ0v) is 15.8. The van der Waals surface area contributed by atoms with Crippen LogP contribution in [0.5, 0.6) is 0 Å². The predicted molar refractivity (Wildman–Crippen MR) is 99.8 cm³/mol. The van der Waals surface area contributed by atoms with Gasteiger partial charge < -0.3 is 24.5 Å². The summed E-state index contributed by atoms with van der Waals surface area (Å²) in [4.78, 5) is 18.9. The highest BCUT2D eigenvalue weighted by atomic mass is 35.5. The van der Waals surface area contributed by atoms with Crippen molar-refractivity contribution in [3.8, 4) is 11.6 Å². The van der Waals surface area contributed by atoms with E-state index in [0.717, 1.165) is 0 Å². The number of furan rings is 1. The van der Waals surface area contributed by atoms with Gasteiger partial charge in [0.25, 0.3) is 5.91 Å². The van der Waals surface area contributed by atoms with Gasteiger partial charge in [-0.2, -0.15) is 4.52 Å². The molecule has 9 nitrogen and oxygen atoms in total. The van der Waals surface area contributed by atoms with Gasteiger partial charge in [-0.05, 0) is 35.9 Å². The summed E-state index contributed by atoms with van der Waals surface area (Å²) in [5.74, 6) is 0.834. The smallest absolute Gasteiger partial charge is 0.254 e. The number of ether oxygens (including phenoxy) is 2. The molecule has 27 heavy (non-hydrogen) atoms. The van der Waals surface area contributed by atoms with Gasteiger partial charge in [0.15, 0.2) is 16.6 Å². The molecule has 0 radical (unpaired) electrons. The molecule has 0 saturated heterocycles. The molecule has 3 aromatic heterocycles. The number of nitrogen functional groups attached to an aromatic ring is 1. The van der Waals surface area contributed by atoms with Gasteiger partial charge in [0.1, 0.15) is 5.82 Å². The summed E-state index contributed by atoms with van der Waals surface area (Å²) in [7, 11) is 3.17.